The van der Waals surface area contributed by atoms with E-state index in [1.165, 1.54) is 3.97 Å². The number of hydrogen-bond donors (Lipinski definition) is 1. The second-order valence-corrected chi connectivity index (χ2v) is 9.86. The number of aromatic nitrogens is 1. The topological polar surface area (TPSA) is 92.0 Å². The Bertz CT molecular complexity index is 1500. The molecule has 1 aromatic heterocycles. The van der Waals surface area contributed by atoms with Gasteiger partial charge in [0.25, 0.3) is 5.91 Å². The van der Waals surface area contributed by atoms with Crippen LogP contribution in [0, 0.1) is 11.3 Å². The molecule has 1 heterocycles. The number of carbonyl (C=O) groups excluding carboxylic acids is 1. The molecule has 4 aromatic rings. The van der Waals surface area contributed by atoms with Crippen LogP contribution in [0.25, 0.3) is 22.2 Å². The van der Waals surface area contributed by atoms with E-state index in [0.29, 0.717) is 45.7 Å². The molecule has 1 N–H and O–H groups in total. The molecule has 8 heteroatoms. The van der Waals surface area contributed by atoms with Crippen LogP contribution >= 0.6 is 11.6 Å². The van der Waals surface area contributed by atoms with Gasteiger partial charge >= 0.3 is 0 Å². The molecule has 0 aliphatic rings. The number of aryl methyl sites for hydroxylation is 1. The number of fused-ring (bicyclic) bond motifs is 1. The third-order valence-corrected chi connectivity index (χ3v) is 6.63. The molecule has 1 amide bonds. The summed E-state index contributed by atoms with van der Waals surface area (Å²) in [6, 6.07) is 23.2. The Kier molecular flexibility index (Phi) is 6.23. The Hall–Kier alpha value is -3.60. The molecule has 0 aliphatic carbocycles. The molecule has 0 fully saturated rings. The summed E-state index contributed by atoms with van der Waals surface area (Å²) in [5.74, 6) is -0.351. The lowest BCUT2D eigenvalue weighted by Gasteiger charge is -2.10. The third kappa shape index (κ3) is 4.77. The summed E-state index contributed by atoms with van der Waals surface area (Å²) in [7, 11) is -3.60. The molecular formula is C25H20ClN3O3S. The summed E-state index contributed by atoms with van der Waals surface area (Å²) in [5.41, 5.74) is 3.65. The van der Waals surface area contributed by atoms with E-state index in [9.17, 15) is 13.2 Å². The van der Waals surface area contributed by atoms with Crippen molar-refractivity contribution in [3.8, 4) is 17.3 Å². The van der Waals surface area contributed by atoms with Crippen LogP contribution in [0.5, 0.6) is 0 Å². The molecule has 33 heavy (non-hydrogen) atoms. The number of nitrogens with one attached hydrogen (secondary N) is 1. The fraction of sp³-hybridized carbons (Fsp3) is 0.120. The largest absolute Gasteiger partial charge is 0.322 e. The van der Waals surface area contributed by atoms with Crippen LogP contribution < -0.4 is 5.32 Å². The first-order valence-corrected chi connectivity index (χ1v) is 12.4. The van der Waals surface area contributed by atoms with E-state index in [1.807, 2.05) is 24.3 Å². The zero-order valence-corrected chi connectivity index (χ0v) is 19.3. The number of carbonyl (C=O) groups is 1. The van der Waals surface area contributed by atoms with E-state index in [-0.39, 0.29) is 5.91 Å². The van der Waals surface area contributed by atoms with Gasteiger partial charge in [-0.05, 0) is 53.9 Å². The number of rotatable bonds is 6. The highest BCUT2D eigenvalue weighted by Gasteiger charge is 2.19. The van der Waals surface area contributed by atoms with Crippen molar-refractivity contribution in [2.75, 3.05) is 11.6 Å². The van der Waals surface area contributed by atoms with E-state index in [2.05, 4.69) is 11.4 Å². The molecule has 4 rings (SSSR count). The second kappa shape index (κ2) is 9.10. The van der Waals surface area contributed by atoms with Crippen molar-refractivity contribution in [1.82, 2.24) is 3.97 Å². The molecule has 0 aliphatic heterocycles. The Morgan fingerprint density at radius 2 is 1.79 bits per heavy atom. The SMILES string of the molecule is CS(=O)(=O)n1c(-c2ccc(CCC#N)cc2)cc2cc(NC(=O)c3ccccc3Cl)ccc21. The van der Waals surface area contributed by atoms with Gasteiger partial charge in [0.1, 0.15) is 0 Å². The number of halogens is 1. The predicted octanol–water partition coefficient (Wildman–Crippen LogP) is 5.48. The van der Waals surface area contributed by atoms with E-state index < -0.39 is 10.0 Å². The van der Waals surface area contributed by atoms with Crippen molar-refractivity contribution in [3.05, 3.63) is 88.9 Å². The summed E-state index contributed by atoms with van der Waals surface area (Å²) >= 11 is 6.11. The molecule has 0 spiro atoms. The Morgan fingerprint density at radius 3 is 2.45 bits per heavy atom. The van der Waals surface area contributed by atoms with Crippen LogP contribution in [0.1, 0.15) is 22.3 Å². The summed E-state index contributed by atoms with van der Waals surface area (Å²) < 4.78 is 26.6. The van der Waals surface area contributed by atoms with Gasteiger partial charge < -0.3 is 5.32 Å². The average Bonchev–Trinajstić information content (AvgIpc) is 3.17. The molecule has 0 saturated carbocycles. The fourth-order valence-electron chi connectivity index (χ4n) is 3.71. The van der Waals surface area contributed by atoms with Gasteiger partial charge in [0.15, 0.2) is 0 Å². The summed E-state index contributed by atoms with van der Waals surface area (Å²) in [6.45, 7) is 0. The van der Waals surface area contributed by atoms with E-state index in [4.69, 9.17) is 16.9 Å². The minimum absolute atomic E-state index is 0.347. The van der Waals surface area contributed by atoms with Crippen LogP contribution in [0.3, 0.4) is 0 Å². The van der Waals surface area contributed by atoms with Crippen molar-refractivity contribution >= 4 is 44.1 Å². The van der Waals surface area contributed by atoms with Crippen LogP contribution in [0.4, 0.5) is 5.69 Å². The van der Waals surface area contributed by atoms with Crippen molar-refractivity contribution in [2.24, 2.45) is 0 Å². The number of nitriles is 1. The molecule has 0 bridgehead atoms. The predicted molar refractivity (Wildman–Crippen MR) is 131 cm³/mol. The van der Waals surface area contributed by atoms with Crippen molar-refractivity contribution in [2.45, 2.75) is 12.8 Å². The number of hydrogen-bond acceptors (Lipinski definition) is 4. The van der Waals surface area contributed by atoms with Crippen molar-refractivity contribution < 1.29 is 13.2 Å². The normalized spacial score (nSPS) is 11.3. The first kappa shape index (κ1) is 22.6. The molecule has 0 unspecified atom stereocenters. The summed E-state index contributed by atoms with van der Waals surface area (Å²) in [4.78, 5) is 12.6. The first-order chi connectivity index (χ1) is 15.8. The summed E-state index contributed by atoms with van der Waals surface area (Å²) in [5, 5.41) is 12.6. The van der Waals surface area contributed by atoms with Gasteiger partial charge in [-0.2, -0.15) is 5.26 Å². The fourth-order valence-corrected chi connectivity index (χ4v) is 4.97. The standard InChI is InChI=1S/C25H20ClN3O3S/c1-33(31,32)29-23-13-12-20(28-25(30)21-6-2-3-7-22(21)26)15-19(23)16-24(29)18-10-8-17(9-11-18)5-4-14-27/h2-3,6-13,15-16H,4-5H2,1H3,(H,28,30). The molecule has 0 radical (unpaired) electrons. The number of anilines is 1. The van der Waals surface area contributed by atoms with Crippen LogP contribution in [-0.2, 0) is 16.4 Å². The van der Waals surface area contributed by atoms with Gasteiger partial charge in [0, 0.05) is 17.5 Å². The number of amides is 1. The lowest BCUT2D eigenvalue weighted by Crippen LogP contribution is -2.13. The van der Waals surface area contributed by atoms with Gasteiger partial charge in [0.05, 0.1) is 34.1 Å². The average molecular weight is 478 g/mol. The van der Waals surface area contributed by atoms with Gasteiger partial charge in [-0.1, -0.05) is 48.0 Å². The van der Waals surface area contributed by atoms with Crippen LogP contribution in [-0.4, -0.2) is 24.6 Å². The Labute approximate surface area is 197 Å². The highest BCUT2D eigenvalue weighted by molar-refractivity contribution is 7.89. The van der Waals surface area contributed by atoms with Crippen LogP contribution in [0.2, 0.25) is 5.02 Å². The molecular weight excluding hydrogens is 458 g/mol. The quantitative estimate of drug-likeness (QED) is 0.398. The van der Waals surface area contributed by atoms with Gasteiger partial charge in [-0.25, -0.2) is 12.4 Å². The highest BCUT2D eigenvalue weighted by atomic mass is 35.5. The molecule has 0 atom stereocenters. The van der Waals surface area contributed by atoms with Crippen LogP contribution in [0.15, 0.2) is 72.8 Å². The van der Waals surface area contributed by atoms with E-state index in [1.54, 1.807) is 48.5 Å². The zero-order valence-electron chi connectivity index (χ0n) is 17.7. The molecule has 3 aromatic carbocycles. The smallest absolute Gasteiger partial charge is 0.257 e. The minimum atomic E-state index is -3.60. The minimum Gasteiger partial charge on any atom is -0.322 e. The van der Waals surface area contributed by atoms with Crippen molar-refractivity contribution in [3.63, 3.8) is 0 Å². The van der Waals surface area contributed by atoms with Gasteiger partial charge in [-0.3, -0.25) is 4.79 Å². The van der Waals surface area contributed by atoms with E-state index >= 15 is 0 Å². The maximum atomic E-state index is 12.6. The van der Waals surface area contributed by atoms with Gasteiger partial charge in [-0.15, -0.1) is 0 Å². The second-order valence-electron chi connectivity index (χ2n) is 7.62. The maximum absolute atomic E-state index is 12.6. The molecule has 6 nitrogen and oxygen atoms in total. The third-order valence-electron chi connectivity index (χ3n) is 5.24. The summed E-state index contributed by atoms with van der Waals surface area (Å²) in [6.07, 6.45) is 2.22. The zero-order chi connectivity index (χ0) is 23.6. The van der Waals surface area contributed by atoms with Crippen molar-refractivity contribution in [1.29, 1.82) is 5.26 Å². The molecule has 166 valence electrons. The molecule has 0 saturated heterocycles. The Balaban J connectivity index is 1.73. The number of nitrogens with zero attached hydrogens (tertiary/aromatic N) is 2. The monoisotopic (exact) mass is 477 g/mol. The maximum Gasteiger partial charge on any atom is 0.257 e. The Morgan fingerprint density at radius 1 is 1.06 bits per heavy atom. The lowest BCUT2D eigenvalue weighted by molar-refractivity contribution is 0.102. The van der Waals surface area contributed by atoms with E-state index in [0.717, 1.165) is 17.4 Å². The first-order valence-electron chi connectivity index (χ1n) is 10.2. The lowest BCUT2D eigenvalue weighted by atomic mass is 10.1. The van der Waals surface area contributed by atoms with Gasteiger partial charge in [0.2, 0.25) is 10.0 Å². The number of benzene rings is 3. The highest BCUT2D eigenvalue weighted by Crippen LogP contribution is 2.32.